The number of rotatable bonds is 5. The highest BCUT2D eigenvalue weighted by atomic mass is 16.5. The highest BCUT2D eigenvalue weighted by molar-refractivity contribution is 5.84. The number of carbonyl (C=O) groups excluding carboxylic acids is 2. The average molecular weight is 246 g/mol. The minimum Gasteiger partial charge on any atom is -0.456 e. The second-order valence-corrected chi connectivity index (χ2v) is 3.99. The zero-order valence-corrected chi connectivity index (χ0v) is 9.81. The molecule has 94 valence electrons. The van der Waals surface area contributed by atoms with Gasteiger partial charge in [-0.05, 0) is 18.1 Å². The molecule has 0 bridgehead atoms. The van der Waals surface area contributed by atoms with Crippen molar-refractivity contribution >= 4 is 22.8 Å². The number of esters is 1. The molecular weight excluding hydrogens is 232 g/mol. The molecule has 1 aromatic heterocycles. The summed E-state index contributed by atoms with van der Waals surface area (Å²) in [4.78, 5) is 24.9. The summed E-state index contributed by atoms with van der Waals surface area (Å²) in [6.45, 7) is -0.354. The van der Waals surface area contributed by atoms with Crippen LogP contribution in [0.2, 0.25) is 0 Å². The lowest BCUT2D eigenvalue weighted by Crippen LogP contribution is -2.20. The minimum absolute atomic E-state index is 0.231. The van der Waals surface area contributed by atoms with Crippen LogP contribution in [-0.4, -0.2) is 23.5 Å². The Morgan fingerprint density at radius 3 is 2.83 bits per heavy atom. The molecule has 2 aromatic rings. The van der Waals surface area contributed by atoms with Gasteiger partial charge in [0.2, 0.25) is 0 Å². The second kappa shape index (κ2) is 5.35. The number of primary amides is 1. The van der Waals surface area contributed by atoms with Gasteiger partial charge in [0.25, 0.3) is 5.91 Å². The quantitative estimate of drug-likeness (QED) is 0.775. The number of para-hydroxylation sites is 1. The summed E-state index contributed by atoms with van der Waals surface area (Å²) in [5, 5.41) is 1.10. The first-order valence-corrected chi connectivity index (χ1v) is 5.66. The standard InChI is InChI=1S/C13H14N2O3/c14-12(16)8-18-13(17)6-5-9-7-15-11-4-2-1-3-10(9)11/h1-4,7,15H,5-6,8H2,(H2,14,16). The molecule has 0 saturated carbocycles. The van der Waals surface area contributed by atoms with E-state index in [1.165, 1.54) is 0 Å². The van der Waals surface area contributed by atoms with Crippen LogP contribution in [0.5, 0.6) is 0 Å². The summed E-state index contributed by atoms with van der Waals surface area (Å²) >= 11 is 0. The van der Waals surface area contributed by atoms with E-state index in [1.54, 1.807) is 0 Å². The van der Waals surface area contributed by atoms with E-state index in [1.807, 2.05) is 30.5 Å². The van der Waals surface area contributed by atoms with Gasteiger partial charge < -0.3 is 15.5 Å². The first-order chi connectivity index (χ1) is 8.66. The van der Waals surface area contributed by atoms with Crippen molar-refractivity contribution in [1.29, 1.82) is 0 Å². The van der Waals surface area contributed by atoms with Crippen molar-refractivity contribution in [1.82, 2.24) is 4.98 Å². The van der Waals surface area contributed by atoms with Crippen molar-refractivity contribution in [3.63, 3.8) is 0 Å². The number of nitrogens with one attached hydrogen (secondary N) is 1. The Morgan fingerprint density at radius 2 is 2.06 bits per heavy atom. The molecular formula is C13H14N2O3. The normalized spacial score (nSPS) is 10.4. The summed E-state index contributed by atoms with van der Waals surface area (Å²) in [6.07, 6.45) is 2.68. The molecule has 2 rings (SSSR count). The fraction of sp³-hybridized carbons (Fsp3) is 0.231. The van der Waals surface area contributed by atoms with Gasteiger partial charge in [-0.25, -0.2) is 0 Å². The molecule has 0 saturated heterocycles. The molecule has 0 aliphatic heterocycles. The molecule has 5 heteroatoms. The molecule has 18 heavy (non-hydrogen) atoms. The molecule has 0 aliphatic rings. The Kier molecular flexibility index (Phi) is 3.62. The Hall–Kier alpha value is -2.30. The van der Waals surface area contributed by atoms with Crippen molar-refractivity contribution in [2.24, 2.45) is 5.73 Å². The summed E-state index contributed by atoms with van der Waals surface area (Å²) < 4.78 is 4.69. The van der Waals surface area contributed by atoms with Crippen LogP contribution in [0, 0.1) is 0 Å². The lowest BCUT2D eigenvalue weighted by Gasteiger charge is -2.01. The van der Waals surface area contributed by atoms with Crippen molar-refractivity contribution in [2.75, 3.05) is 6.61 Å². The van der Waals surface area contributed by atoms with Crippen LogP contribution < -0.4 is 5.73 Å². The van der Waals surface area contributed by atoms with Crippen molar-refractivity contribution in [3.05, 3.63) is 36.0 Å². The zero-order valence-electron chi connectivity index (χ0n) is 9.81. The number of hydrogen-bond donors (Lipinski definition) is 2. The number of H-pyrrole nitrogens is 1. The van der Waals surface area contributed by atoms with Gasteiger partial charge in [0.15, 0.2) is 6.61 Å². The van der Waals surface area contributed by atoms with Gasteiger partial charge in [0.05, 0.1) is 0 Å². The summed E-state index contributed by atoms with van der Waals surface area (Å²) in [5.41, 5.74) is 6.98. The average Bonchev–Trinajstić information content (AvgIpc) is 2.77. The van der Waals surface area contributed by atoms with E-state index in [4.69, 9.17) is 10.5 Å². The van der Waals surface area contributed by atoms with Crippen LogP contribution in [0.3, 0.4) is 0 Å². The third-order valence-corrected chi connectivity index (χ3v) is 2.65. The number of amides is 1. The predicted molar refractivity (Wildman–Crippen MR) is 66.8 cm³/mol. The Labute approximate surface area is 104 Å². The SMILES string of the molecule is NC(=O)COC(=O)CCc1c[nH]c2ccccc12. The third kappa shape index (κ3) is 2.88. The van der Waals surface area contributed by atoms with E-state index in [0.717, 1.165) is 16.5 Å². The molecule has 1 amide bonds. The molecule has 5 nitrogen and oxygen atoms in total. The smallest absolute Gasteiger partial charge is 0.306 e. The van der Waals surface area contributed by atoms with Gasteiger partial charge in [-0.15, -0.1) is 0 Å². The highest BCUT2D eigenvalue weighted by Gasteiger charge is 2.08. The summed E-state index contributed by atoms with van der Waals surface area (Å²) in [7, 11) is 0. The maximum Gasteiger partial charge on any atom is 0.306 e. The number of benzene rings is 1. The Balaban J connectivity index is 1.94. The van der Waals surface area contributed by atoms with Crippen molar-refractivity contribution < 1.29 is 14.3 Å². The fourth-order valence-corrected chi connectivity index (χ4v) is 1.80. The minimum atomic E-state index is -0.643. The topological polar surface area (TPSA) is 85.2 Å². The Morgan fingerprint density at radius 1 is 1.28 bits per heavy atom. The number of aryl methyl sites for hydroxylation is 1. The molecule has 0 atom stereocenters. The maximum absolute atomic E-state index is 11.3. The van der Waals surface area contributed by atoms with E-state index in [9.17, 15) is 9.59 Å². The van der Waals surface area contributed by atoms with Crippen LogP contribution in [-0.2, 0) is 20.7 Å². The largest absolute Gasteiger partial charge is 0.456 e. The van der Waals surface area contributed by atoms with Crippen LogP contribution in [0.25, 0.3) is 10.9 Å². The predicted octanol–water partition coefficient (Wildman–Crippen LogP) is 1.13. The van der Waals surface area contributed by atoms with Crippen LogP contribution in [0.4, 0.5) is 0 Å². The molecule has 0 unspecified atom stereocenters. The number of carbonyl (C=O) groups is 2. The second-order valence-electron chi connectivity index (χ2n) is 3.99. The van der Waals surface area contributed by atoms with Crippen LogP contribution in [0.15, 0.2) is 30.5 Å². The number of aromatic amines is 1. The molecule has 1 aromatic carbocycles. The first-order valence-electron chi connectivity index (χ1n) is 5.66. The van der Waals surface area contributed by atoms with E-state index in [-0.39, 0.29) is 13.0 Å². The molecule has 0 radical (unpaired) electrons. The van der Waals surface area contributed by atoms with Gasteiger partial charge in [-0.3, -0.25) is 9.59 Å². The van der Waals surface area contributed by atoms with E-state index >= 15 is 0 Å². The third-order valence-electron chi connectivity index (χ3n) is 2.65. The molecule has 0 aliphatic carbocycles. The number of hydrogen-bond acceptors (Lipinski definition) is 3. The highest BCUT2D eigenvalue weighted by Crippen LogP contribution is 2.18. The Bertz CT molecular complexity index is 574. The van der Waals surface area contributed by atoms with Crippen LogP contribution >= 0.6 is 0 Å². The summed E-state index contributed by atoms with van der Waals surface area (Å²) in [5.74, 6) is -1.06. The van der Waals surface area contributed by atoms with Gasteiger partial charge >= 0.3 is 5.97 Å². The number of ether oxygens (including phenoxy) is 1. The van der Waals surface area contributed by atoms with Crippen molar-refractivity contribution in [2.45, 2.75) is 12.8 Å². The molecule has 0 spiro atoms. The van der Waals surface area contributed by atoms with E-state index in [2.05, 4.69) is 4.98 Å². The van der Waals surface area contributed by atoms with Gasteiger partial charge in [-0.2, -0.15) is 0 Å². The van der Waals surface area contributed by atoms with E-state index in [0.29, 0.717) is 6.42 Å². The van der Waals surface area contributed by atoms with Gasteiger partial charge in [-0.1, -0.05) is 18.2 Å². The number of fused-ring (bicyclic) bond motifs is 1. The first kappa shape index (κ1) is 12.2. The molecule has 3 N–H and O–H groups in total. The lowest BCUT2D eigenvalue weighted by molar-refractivity contribution is -0.147. The number of aromatic nitrogens is 1. The molecule has 1 heterocycles. The van der Waals surface area contributed by atoms with Gasteiger partial charge in [0.1, 0.15) is 0 Å². The molecule has 0 fully saturated rings. The van der Waals surface area contributed by atoms with Crippen LogP contribution in [0.1, 0.15) is 12.0 Å². The summed E-state index contributed by atoms with van der Waals surface area (Å²) in [6, 6.07) is 7.87. The van der Waals surface area contributed by atoms with E-state index < -0.39 is 11.9 Å². The fourth-order valence-electron chi connectivity index (χ4n) is 1.80. The monoisotopic (exact) mass is 246 g/mol. The zero-order chi connectivity index (χ0) is 13.0. The maximum atomic E-state index is 11.3. The number of nitrogens with two attached hydrogens (primary N) is 1. The van der Waals surface area contributed by atoms with Gasteiger partial charge in [0, 0.05) is 23.5 Å². The lowest BCUT2D eigenvalue weighted by atomic mass is 10.1. The van der Waals surface area contributed by atoms with Crippen molar-refractivity contribution in [3.8, 4) is 0 Å².